The fraction of sp³-hybridized carbons (Fsp3) is 0.611. The van der Waals surface area contributed by atoms with E-state index in [1.54, 1.807) is 18.2 Å². The highest BCUT2D eigenvalue weighted by Gasteiger charge is 2.36. The average molecular weight is 1350 g/mol. The molecule has 500 valence electrons. The smallest absolute Gasteiger partial charge is 0.214 e. The van der Waals surface area contributed by atoms with Gasteiger partial charge in [-0.05, 0) is 120 Å². The third-order valence-corrected chi connectivity index (χ3v) is 19.9. The van der Waals surface area contributed by atoms with E-state index in [4.69, 9.17) is 0 Å². The van der Waals surface area contributed by atoms with E-state index in [2.05, 4.69) is 60.9 Å². The molecule has 90 heavy (non-hydrogen) atoms. The largest absolute Gasteiger partial charge is 0.409 e. The molecule has 3 aliphatic rings. The Morgan fingerprint density at radius 1 is 0.500 bits per heavy atom. The fourth-order valence-electron chi connectivity index (χ4n) is 10.6. The maximum absolute atomic E-state index is 12.7. The predicted molar refractivity (Wildman–Crippen MR) is 304 cm³/mol. The highest BCUT2D eigenvalue weighted by molar-refractivity contribution is 7.90. The first-order chi connectivity index (χ1) is 42.1. The zero-order chi connectivity index (χ0) is 66.3. The third-order valence-electron chi connectivity index (χ3n) is 15.2. The molecule has 3 aromatic carbocycles. The monoisotopic (exact) mass is 1350 g/mol. The summed E-state index contributed by atoms with van der Waals surface area (Å²) in [6.07, 6.45) is 0.667. The second-order valence-electron chi connectivity index (χ2n) is 22.1. The predicted octanol–water partition coefficient (Wildman–Crippen LogP) is 11.0. The van der Waals surface area contributed by atoms with Crippen LogP contribution in [-0.2, 0) is 62.4 Å². The van der Waals surface area contributed by atoms with Gasteiger partial charge in [0.2, 0.25) is 47.5 Å². The maximum atomic E-state index is 12.7. The Balaban J connectivity index is 0.000000208. The zero-order valence-corrected chi connectivity index (χ0v) is 52.0. The van der Waals surface area contributed by atoms with Crippen LogP contribution in [0.15, 0.2) is 69.3 Å². The molecule has 0 saturated heterocycles. The van der Waals surface area contributed by atoms with E-state index in [9.17, 15) is 77.9 Å². The second kappa shape index (κ2) is 31.4. The normalized spacial score (nSPS) is 16.2. The summed E-state index contributed by atoms with van der Waals surface area (Å²) in [5.74, 6) is 1.58. The summed E-state index contributed by atoms with van der Waals surface area (Å²) < 4.78 is 225. The maximum Gasteiger partial charge on any atom is 0.409 e. The van der Waals surface area contributed by atoms with Crippen LogP contribution in [0.1, 0.15) is 126 Å². The van der Waals surface area contributed by atoms with E-state index in [0.717, 1.165) is 101 Å². The molecule has 21 nitrogen and oxygen atoms in total. The van der Waals surface area contributed by atoms with Crippen LogP contribution in [0.3, 0.4) is 0 Å². The van der Waals surface area contributed by atoms with Gasteiger partial charge in [0.15, 0.2) is 13.1 Å². The number of sulfonamides is 3. The molecule has 0 aliphatic heterocycles. The molecule has 9 rings (SSSR count). The van der Waals surface area contributed by atoms with E-state index in [0.29, 0.717) is 51.2 Å². The molecule has 0 radical (unpaired) electrons. The summed E-state index contributed by atoms with van der Waals surface area (Å²) in [7, 11) is -8.24. The highest BCUT2D eigenvalue weighted by atomic mass is 32.2. The molecule has 3 aliphatic carbocycles. The molecule has 6 aromatic rings. The van der Waals surface area contributed by atoms with Crippen molar-refractivity contribution in [2.75, 3.05) is 27.7 Å². The van der Waals surface area contributed by atoms with Gasteiger partial charge in [-0.15, -0.1) is 30.6 Å². The van der Waals surface area contributed by atoms with E-state index in [1.807, 2.05) is 6.07 Å². The molecule has 0 bridgehead atoms. The van der Waals surface area contributed by atoms with Crippen molar-refractivity contribution in [3.05, 3.63) is 71.3 Å². The van der Waals surface area contributed by atoms with Crippen molar-refractivity contribution >= 4 is 30.1 Å². The number of nitrogens with zero attached hydrogens (tertiary/aromatic N) is 12. The van der Waals surface area contributed by atoms with Crippen LogP contribution >= 0.6 is 0 Å². The summed E-state index contributed by atoms with van der Waals surface area (Å²) in [6.45, 7) is -3.44. The fourth-order valence-corrected chi connectivity index (χ4v) is 13.3. The molecule has 3 saturated carbocycles. The molecular weight excluding hydrogens is 1280 g/mol. The number of aromatic amines is 1. The van der Waals surface area contributed by atoms with Crippen molar-refractivity contribution in [1.29, 1.82) is 0 Å². The molecule has 0 amide bonds. The molecular formula is C54H71F12N15O6S3. The van der Waals surface area contributed by atoms with Gasteiger partial charge in [0, 0.05) is 30.2 Å². The van der Waals surface area contributed by atoms with Gasteiger partial charge in [0.1, 0.15) is 6.54 Å². The standard InChI is InChI=1S/C19H23F6N5O2S.C17H22F3N5O2S.C15H21N5O2S.C3H5F3/c1-29(11-18(20,21)22)33(31,32)15-8-7-14(9-13-5-3-2-4-6-13)16(10-15)17-26-28-30(27-17)12-19(23,24)25;1-21-28(26,27)14-8-7-13(9-12-5-3-2-4-6-12)15(10-14)16-22-24-25(23-16)11-17(18,19)20;1-16-23(21,22)13-8-7-12(9-11-5-3-2-4-6-11)14(10-13)15-17-19-20-18-15;1-2-3(4,5)6/h7-8,10,13H,2-6,9,11-12H2,1H3;7-8,10,12,21H,2-6,9,11H2,1H3;7-8,10-11,16H,2-6,9H2,1H3,(H,17,18,19,20);2H2,1H3. The molecule has 0 unspecified atom stereocenters. The minimum Gasteiger partial charge on any atom is -0.214 e. The first-order valence-corrected chi connectivity index (χ1v) is 33.3. The Morgan fingerprint density at radius 3 is 1.16 bits per heavy atom. The minimum absolute atomic E-state index is 0.00423. The van der Waals surface area contributed by atoms with Crippen LogP contribution in [-0.4, -0.2) is 143 Å². The van der Waals surface area contributed by atoms with Gasteiger partial charge in [0.25, 0.3) is 0 Å². The number of hydrogen-bond acceptors (Lipinski definition) is 15. The lowest BCUT2D eigenvalue weighted by atomic mass is 9.84. The Labute approximate surface area is 513 Å². The van der Waals surface area contributed by atoms with Crippen LogP contribution in [0.5, 0.6) is 0 Å². The van der Waals surface area contributed by atoms with Crippen LogP contribution in [0.4, 0.5) is 52.7 Å². The molecule has 0 atom stereocenters. The summed E-state index contributed by atoms with van der Waals surface area (Å²) >= 11 is 0. The van der Waals surface area contributed by atoms with Crippen LogP contribution < -0.4 is 9.44 Å². The topological polar surface area (TPSA) is 271 Å². The first kappa shape index (κ1) is 72.8. The van der Waals surface area contributed by atoms with Crippen LogP contribution in [0.25, 0.3) is 34.2 Å². The number of hydrogen-bond donors (Lipinski definition) is 3. The quantitative estimate of drug-likeness (QED) is 0.0675. The van der Waals surface area contributed by atoms with Gasteiger partial charge < -0.3 is 0 Å². The Bertz CT molecular complexity index is 3590. The zero-order valence-electron chi connectivity index (χ0n) is 49.6. The van der Waals surface area contributed by atoms with Crippen molar-refractivity contribution in [2.45, 2.75) is 181 Å². The van der Waals surface area contributed by atoms with E-state index < -0.39 is 85.7 Å². The van der Waals surface area contributed by atoms with Crippen molar-refractivity contribution in [3.63, 3.8) is 0 Å². The minimum atomic E-state index is -4.74. The van der Waals surface area contributed by atoms with E-state index >= 15 is 0 Å². The summed E-state index contributed by atoms with van der Waals surface area (Å²) in [5.41, 5.74) is 3.76. The number of H-pyrrole nitrogens is 1. The number of rotatable bonds is 18. The summed E-state index contributed by atoms with van der Waals surface area (Å²) in [4.78, 5) is 0.593. The highest BCUT2D eigenvalue weighted by Crippen LogP contribution is 2.36. The summed E-state index contributed by atoms with van der Waals surface area (Å²) in [6, 6.07) is 13.5. The van der Waals surface area contributed by atoms with Crippen molar-refractivity contribution < 1.29 is 77.9 Å². The van der Waals surface area contributed by atoms with Crippen LogP contribution in [0, 0.1) is 17.8 Å². The van der Waals surface area contributed by atoms with E-state index in [1.165, 1.54) is 76.9 Å². The lowest BCUT2D eigenvalue weighted by Gasteiger charge is -2.23. The van der Waals surface area contributed by atoms with Gasteiger partial charge in [0.05, 0.1) is 14.7 Å². The number of tetrazole rings is 3. The summed E-state index contributed by atoms with van der Waals surface area (Å²) in [5, 5.41) is 35.9. The molecule has 3 aromatic heterocycles. The van der Waals surface area contributed by atoms with Crippen molar-refractivity contribution in [3.8, 4) is 34.2 Å². The first-order valence-electron chi connectivity index (χ1n) is 28.9. The van der Waals surface area contributed by atoms with Crippen LogP contribution in [0.2, 0.25) is 0 Å². The number of alkyl halides is 12. The Hall–Kier alpha value is -6.24. The molecule has 3 fully saturated rings. The van der Waals surface area contributed by atoms with E-state index in [-0.39, 0.29) is 37.2 Å². The Morgan fingerprint density at radius 2 is 0.844 bits per heavy atom. The lowest BCUT2D eigenvalue weighted by Crippen LogP contribution is -2.35. The number of halogens is 12. The number of benzene rings is 3. The van der Waals surface area contributed by atoms with Gasteiger partial charge in [-0.2, -0.15) is 71.8 Å². The second-order valence-corrected chi connectivity index (χ2v) is 27.9. The third kappa shape index (κ3) is 22.6. The van der Waals surface area contributed by atoms with Crippen molar-refractivity contribution in [1.82, 2.24) is 74.8 Å². The van der Waals surface area contributed by atoms with Gasteiger partial charge in [-0.1, -0.05) is 121 Å². The van der Waals surface area contributed by atoms with Gasteiger partial charge in [-0.3, -0.25) is 0 Å². The lowest BCUT2D eigenvalue weighted by molar-refractivity contribution is -0.146. The molecule has 0 spiro atoms. The van der Waals surface area contributed by atoms with Gasteiger partial charge in [-0.25, -0.2) is 34.7 Å². The van der Waals surface area contributed by atoms with Crippen molar-refractivity contribution in [2.24, 2.45) is 17.8 Å². The molecule has 36 heteroatoms. The average Bonchev–Trinajstić information content (AvgIpc) is 1.30. The Kier molecular flexibility index (Phi) is 25.4. The molecule has 3 N–H and O–H groups in total. The number of nitrogens with one attached hydrogen (secondary N) is 3. The van der Waals surface area contributed by atoms with Gasteiger partial charge >= 0.3 is 24.7 Å². The molecule has 3 heterocycles. The SMILES string of the molecule is CCC(F)(F)F.CN(CC(F)(F)F)S(=O)(=O)c1ccc(CC2CCCCC2)c(-c2nnn(CC(F)(F)F)n2)c1.CNS(=O)(=O)c1ccc(CC2CCCCC2)c(-c2nn[nH]n2)c1.CNS(=O)(=O)c1ccc(CC2CCCCC2)c(-c2nnn(CC(F)(F)F)n2)c1. The number of aromatic nitrogens is 12.